The number of fused-ring (bicyclic) bond motifs is 1. The van der Waals surface area contributed by atoms with E-state index >= 15 is 0 Å². The number of hydrogen-bond acceptors (Lipinski definition) is 5. The van der Waals surface area contributed by atoms with Crippen LogP contribution in [0.4, 0.5) is 5.69 Å². The lowest BCUT2D eigenvalue weighted by Crippen LogP contribution is -2.30. The molecule has 9 heteroatoms. The Morgan fingerprint density at radius 1 is 0.775 bits per heavy atom. The summed E-state index contributed by atoms with van der Waals surface area (Å²) in [4.78, 5) is 53.2. The van der Waals surface area contributed by atoms with Crippen molar-refractivity contribution in [2.45, 2.75) is 4.90 Å². The first kappa shape index (κ1) is 26.9. The summed E-state index contributed by atoms with van der Waals surface area (Å²) in [6.07, 6.45) is 1.52. The highest BCUT2D eigenvalue weighted by atomic mass is 35.5. The first-order chi connectivity index (χ1) is 19.4. The molecule has 0 fully saturated rings. The normalized spacial score (nSPS) is 12.7. The van der Waals surface area contributed by atoms with E-state index < -0.39 is 11.8 Å². The fourth-order valence-corrected chi connectivity index (χ4v) is 5.05. The summed E-state index contributed by atoms with van der Waals surface area (Å²) in [5.41, 5.74) is 2.31. The van der Waals surface area contributed by atoms with Gasteiger partial charge < -0.3 is 10.6 Å². The molecule has 0 spiro atoms. The molecule has 0 radical (unpaired) electrons. The smallest absolute Gasteiger partial charge is 0.272 e. The standard InChI is InChI=1S/C31H22ClN3O4S/c32-26-13-7-4-10-21(26)18-27(34-28(36)20-8-2-1-3-9-20)29(37)33-22-14-16-23(17-15-22)40-19-35-30(38)24-11-5-6-12-25(24)31(35)39/h1-18H,19H2,(H,33,37)(H,34,36)/b27-18-. The molecule has 0 atom stereocenters. The molecule has 0 saturated carbocycles. The first-order valence-electron chi connectivity index (χ1n) is 12.2. The third-order valence-corrected chi connectivity index (χ3v) is 7.42. The molecule has 5 rings (SSSR count). The zero-order valence-electron chi connectivity index (χ0n) is 21.0. The van der Waals surface area contributed by atoms with Crippen molar-refractivity contribution >= 4 is 58.8 Å². The van der Waals surface area contributed by atoms with Crippen molar-refractivity contribution < 1.29 is 19.2 Å². The van der Waals surface area contributed by atoms with Crippen LogP contribution in [0.2, 0.25) is 5.02 Å². The van der Waals surface area contributed by atoms with E-state index in [1.54, 1.807) is 103 Å². The second-order valence-corrected chi connectivity index (χ2v) is 10.2. The Labute approximate surface area is 239 Å². The van der Waals surface area contributed by atoms with Gasteiger partial charge in [-0.1, -0.05) is 60.1 Å². The van der Waals surface area contributed by atoms with Crippen LogP contribution in [0, 0.1) is 0 Å². The maximum atomic E-state index is 13.2. The van der Waals surface area contributed by atoms with E-state index in [1.165, 1.54) is 22.7 Å². The number of rotatable bonds is 8. The molecular formula is C31H22ClN3O4S. The lowest BCUT2D eigenvalue weighted by molar-refractivity contribution is -0.113. The molecule has 198 valence electrons. The van der Waals surface area contributed by atoms with Crippen LogP contribution >= 0.6 is 23.4 Å². The summed E-state index contributed by atoms with van der Waals surface area (Å²) in [5.74, 6) is -1.43. The number of amides is 4. The fraction of sp³-hybridized carbons (Fsp3) is 0.0323. The molecule has 1 heterocycles. The van der Waals surface area contributed by atoms with E-state index in [2.05, 4.69) is 10.6 Å². The molecule has 7 nitrogen and oxygen atoms in total. The van der Waals surface area contributed by atoms with Crippen molar-refractivity contribution in [3.05, 3.63) is 136 Å². The summed E-state index contributed by atoms with van der Waals surface area (Å²) in [7, 11) is 0. The van der Waals surface area contributed by atoms with Crippen LogP contribution in [0.25, 0.3) is 6.08 Å². The molecule has 0 aromatic heterocycles. The van der Waals surface area contributed by atoms with Gasteiger partial charge in [0.15, 0.2) is 0 Å². The van der Waals surface area contributed by atoms with Crippen molar-refractivity contribution in [3.63, 3.8) is 0 Å². The Morgan fingerprint density at radius 3 is 2.02 bits per heavy atom. The third kappa shape index (κ3) is 5.98. The molecule has 1 aliphatic rings. The lowest BCUT2D eigenvalue weighted by Gasteiger charge is -2.14. The molecule has 4 aromatic rings. The number of halogens is 1. The Hall–Kier alpha value is -4.66. The Morgan fingerprint density at radius 2 is 1.38 bits per heavy atom. The molecule has 0 saturated heterocycles. The van der Waals surface area contributed by atoms with Gasteiger partial charge in [0.1, 0.15) is 5.70 Å². The van der Waals surface area contributed by atoms with Crippen LogP contribution in [0.15, 0.2) is 114 Å². The topological polar surface area (TPSA) is 95.6 Å². The minimum Gasteiger partial charge on any atom is -0.321 e. The van der Waals surface area contributed by atoms with Crippen molar-refractivity contribution in [1.29, 1.82) is 0 Å². The Kier molecular flexibility index (Phi) is 8.10. The number of carbonyl (C=O) groups excluding carboxylic acids is 4. The number of benzene rings is 4. The van der Waals surface area contributed by atoms with Gasteiger partial charge in [-0.3, -0.25) is 24.1 Å². The summed E-state index contributed by atoms with van der Waals surface area (Å²) >= 11 is 7.62. The molecule has 40 heavy (non-hydrogen) atoms. The summed E-state index contributed by atoms with van der Waals surface area (Å²) < 4.78 is 0. The van der Waals surface area contributed by atoms with Crippen molar-refractivity contribution in [1.82, 2.24) is 10.2 Å². The second-order valence-electron chi connectivity index (χ2n) is 8.74. The van der Waals surface area contributed by atoms with Crippen molar-refractivity contribution in [2.75, 3.05) is 11.2 Å². The highest BCUT2D eigenvalue weighted by Gasteiger charge is 2.34. The zero-order valence-corrected chi connectivity index (χ0v) is 22.5. The molecule has 0 aliphatic carbocycles. The van der Waals surface area contributed by atoms with Crippen LogP contribution < -0.4 is 10.6 Å². The number of thioether (sulfide) groups is 1. The highest BCUT2D eigenvalue weighted by Crippen LogP contribution is 2.28. The van der Waals surface area contributed by atoms with E-state index in [1.807, 2.05) is 0 Å². The van der Waals surface area contributed by atoms with Crippen LogP contribution in [0.5, 0.6) is 0 Å². The van der Waals surface area contributed by atoms with Gasteiger partial charge in [-0.2, -0.15) is 0 Å². The van der Waals surface area contributed by atoms with Crippen LogP contribution in [-0.4, -0.2) is 34.4 Å². The Bertz CT molecular complexity index is 1600. The van der Waals surface area contributed by atoms with Crippen LogP contribution in [-0.2, 0) is 4.79 Å². The van der Waals surface area contributed by atoms with E-state index in [0.717, 1.165) is 4.90 Å². The van der Waals surface area contributed by atoms with Gasteiger partial charge in [0, 0.05) is 21.2 Å². The van der Waals surface area contributed by atoms with Gasteiger partial charge in [0.05, 0.1) is 17.0 Å². The maximum Gasteiger partial charge on any atom is 0.272 e. The van der Waals surface area contributed by atoms with E-state index in [0.29, 0.717) is 33.0 Å². The predicted octanol–water partition coefficient (Wildman–Crippen LogP) is 6.10. The average molecular weight is 568 g/mol. The van der Waals surface area contributed by atoms with E-state index in [9.17, 15) is 19.2 Å². The van der Waals surface area contributed by atoms with Crippen molar-refractivity contribution in [3.8, 4) is 0 Å². The van der Waals surface area contributed by atoms with Gasteiger partial charge in [0.25, 0.3) is 23.6 Å². The minimum atomic E-state index is -0.532. The molecule has 4 aromatic carbocycles. The maximum absolute atomic E-state index is 13.2. The molecule has 0 unspecified atom stereocenters. The largest absolute Gasteiger partial charge is 0.321 e. The number of hydrogen-bond donors (Lipinski definition) is 2. The SMILES string of the molecule is O=C(Nc1ccc(SCN2C(=O)c3ccccc3C2=O)cc1)/C(=C/c1ccccc1Cl)NC(=O)c1ccccc1. The number of anilines is 1. The average Bonchev–Trinajstić information content (AvgIpc) is 3.22. The number of nitrogens with one attached hydrogen (secondary N) is 2. The van der Waals surface area contributed by atoms with E-state index in [-0.39, 0.29) is 23.4 Å². The minimum absolute atomic E-state index is 0.0195. The number of imide groups is 1. The van der Waals surface area contributed by atoms with Gasteiger partial charge in [-0.25, -0.2) is 0 Å². The van der Waals surface area contributed by atoms with Gasteiger partial charge >= 0.3 is 0 Å². The second kappa shape index (κ2) is 12.0. The van der Waals surface area contributed by atoms with E-state index in [4.69, 9.17) is 11.6 Å². The molecular weight excluding hydrogens is 546 g/mol. The van der Waals surface area contributed by atoms with Crippen LogP contribution in [0.3, 0.4) is 0 Å². The zero-order chi connectivity index (χ0) is 28.1. The quantitative estimate of drug-likeness (QED) is 0.152. The predicted molar refractivity (Wildman–Crippen MR) is 156 cm³/mol. The fourth-order valence-electron chi connectivity index (χ4n) is 4.02. The molecule has 0 bridgehead atoms. The molecule has 1 aliphatic heterocycles. The summed E-state index contributed by atoms with van der Waals surface area (Å²) in [6.45, 7) is 0. The summed E-state index contributed by atoms with van der Waals surface area (Å²) in [5, 5.41) is 5.91. The summed E-state index contributed by atoms with van der Waals surface area (Å²) in [6, 6.07) is 29.3. The number of carbonyl (C=O) groups is 4. The van der Waals surface area contributed by atoms with Crippen LogP contribution in [0.1, 0.15) is 36.6 Å². The highest BCUT2D eigenvalue weighted by molar-refractivity contribution is 7.99. The molecule has 4 amide bonds. The first-order valence-corrected chi connectivity index (χ1v) is 13.6. The van der Waals surface area contributed by atoms with Gasteiger partial charge in [0.2, 0.25) is 0 Å². The lowest BCUT2D eigenvalue weighted by atomic mass is 10.1. The number of nitrogens with zero attached hydrogens (tertiary/aromatic N) is 1. The third-order valence-electron chi connectivity index (χ3n) is 6.08. The monoisotopic (exact) mass is 567 g/mol. The molecule has 2 N–H and O–H groups in total. The van der Waals surface area contributed by atoms with Crippen molar-refractivity contribution in [2.24, 2.45) is 0 Å². The Balaban J connectivity index is 1.27. The van der Waals surface area contributed by atoms with Gasteiger partial charge in [-0.05, 0) is 66.2 Å². The van der Waals surface area contributed by atoms with Gasteiger partial charge in [-0.15, -0.1) is 11.8 Å².